The first-order chi connectivity index (χ1) is 12.7. The maximum atomic E-state index is 13.1. The number of nitrogens with one attached hydrogen (secondary N) is 1. The number of hydrogen-bond acceptors (Lipinski definition) is 2. The second-order valence-electron chi connectivity index (χ2n) is 6.04. The number of halogens is 3. The molecule has 0 heterocycles. The van der Waals surface area contributed by atoms with E-state index in [1.807, 2.05) is 6.92 Å². The molecule has 0 amide bonds. The first-order valence-corrected chi connectivity index (χ1v) is 9.51. The molecule has 0 aliphatic rings. The average molecular weight is 391 g/mol. The molecule has 3 nitrogen and oxygen atoms in total. The van der Waals surface area contributed by atoms with E-state index in [9.17, 15) is 21.6 Å². The zero-order valence-electron chi connectivity index (χ0n) is 14.3. The molecule has 3 aromatic rings. The highest BCUT2D eigenvalue weighted by atomic mass is 32.2. The summed E-state index contributed by atoms with van der Waals surface area (Å²) >= 11 is 0. The van der Waals surface area contributed by atoms with Crippen LogP contribution in [0.1, 0.15) is 11.1 Å². The molecule has 0 bridgehead atoms. The SMILES string of the molecule is Cc1ccc(S(=O)(=O)Nc2ccc(C(F)(F)F)cc2-c2ccccc2)cc1. The van der Waals surface area contributed by atoms with Crippen LogP contribution in [0.4, 0.5) is 18.9 Å². The summed E-state index contributed by atoms with van der Waals surface area (Å²) in [6, 6.07) is 17.5. The Balaban J connectivity index is 2.08. The topological polar surface area (TPSA) is 46.2 Å². The van der Waals surface area contributed by atoms with Gasteiger partial charge in [0, 0.05) is 5.56 Å². The van der Waals surface area contributed by atoms with Crippen LogP contribution in [-0.4, -0.2) is 8.42 Å². The number of aryl methyl sites for hydroxylation is 1. The number of rotatable bonds is 4. The van der Waals surface area contributed by atoms with Gasteiger partial charge in [-0.2, -0.15) is 13.2 Å². The summed E-state index contributed by atoms with van der Waals surface area (Å²) in [5, 5.41) is 0. The Morgan fingerprint density at radius 1 is 0.852 bits per heavy atom. The second-order valence-corrected chi connectivity index (χ2v) is 7.73. The van der Waals surface area contributed by atoms with Gasteiger partial charge >= 0.3 is 6.18 Å². The van der Waals surface area contributed by atoms with Gasteiger partial charge in [0.25, 0.3) is 10.0 Å². The van der Waals surface area contributed by atoms with E-state index in [4.69, 9.17) is 0 Å². The lowest BCUT2D eigenvalue weighted by Gasteiger charge is -2.16. The van der Waals surface area contributed by atoms with Gasteiger partial charge < -0.3 is 0 Å². The molecule has 0 aliphatic carbocycles. The molecule has 0 aliphatic heterocycles. The molecule has 0 saturated carbocycles. The molecular weight excluding hydrogens is 375 g/mol. The summed E-state index contributed by atoms with van der Waals surface area (Å²) < 4.78 is 67.0. The Hall–Kier alpha value is -2.80. The van der Waals surface area contributed by atoms with Crippen molar-refractivity contribution in [3.8, 4) is 11.1 Å². The molecule has 0 fully saturated rings. The third-order valence-electron chi connectivity index (χ3n) is 4.01. The predicted octanol–water partition coefficient (Wildman–Crippen LogP) is 5.48. The maximum Gasteiger partial charge on any atom is 0.416 e. The molecule has 140 valence electrons. The van der Waals surface area contributed by atoms with Crippen LogP contribution in [0.15, 0.2) is 77.7 Å². The fraction of sp³-hybridized carbons (Fsp3) is 0.100. The Morgan fingerprint density at radius 3 is 2.07 bits per heavy atom. The maximum absolute atomic E-state index is 13.1. The van der Waals surface area contributed by atoms with Crippen LogP contribution in [0.3, 0.4) is 0 Å². The van der Waals surface area contributed by atoms with Crippen molar-refractivity contribution < 1.29 is 21.6 Å². The van der Waals surface area contributed by atoms with Gasteiger partial charge in [0.15, 0.2) is 0 Å². The summed E-state index contributed by atoms with van der Waals surface area (Å²) in [4.78, 5) is 0.0343. The van der Waals surface area contributed by atoms with E-state index in [0.29, 0.717) is 5.56 Å². The van der Waals surface area contributed by atoms with Gasteiger partial charge in [0.2, 0.25) is 0 Å². The smallest absolute Gasteiger partial charge is 0.279 e. The van der Waals surface area contributed by atoms with Gasteiger partial charge in [0.05, 0.1) is 16.1 Å². The van der Waals surface area contributed by atoms with Crippen LogP contribution >= 0.6 is 0 Å². The lowest BCUT2D eigenvalue weighted by molar-refractivity contribution is -0.137. The van der Waals surface area contributed by atoms with Crippen molar-refractivity contribution in [3.05, 3.63) is 83.9 Å². The molecule has 0 atom stereocenters. The second kappa shape index (κ2) is 7.08. The fourth-order valence-corrected chi connectivity index (χ4v) is 3.67. The molecular formula is C20H16F3NO2S. The molecule has 3 aromatic carbocycles. The van der Waals surface area contributed by atoms with E-state index in [1.54, 1.807) is 42.5 Å². The lowest BCUT2D eigenvalue weighted by atomic mass is 10.0. The van der Waals surface area contributed by atoms with Gasteiger partial charge in [0.1, 0.15) is 0 Å². The fourth-order valence-electron chi connectivity index (χ4n) is 2.59. The highest BCUT2D eigenvalue weighted by Gasteiger charge is 2.31. The predicted molar refractivity (Wildman–Crippen MR) is 98.9 cm³/mol. The number of sulfonamides is 1. The highest BCUT2D eigenvalue weighted by Crippen LogP contribution is 2.36. The van der Waals surface area contributed by atoms with Gasteiger partial charge in [-0.25, -0.2) is 8.42 Å². The average Bonchev–Trinajstić information content (AvgIpc) is 2.62. The quantitative estimate of drug-likeness (QED) is 0.640. The van der Waals surface area contributed by atoms with E-state index < -0.39 is 21.8 Å². The van der Waals surface area contributed by atoms with Crippen LogP contribution in [-0.2, 0) is 16.2 Å². The molecule has 0 saturated heterocycles. The van der Waals surface area contributed by atoms with Crippen molar-refractivity contribution in [2.24, 2.45) is 0 Å². The summed E-state index contributed by atoms with van der Waals surface area (Å²) in [5.74, 6) is 0. The van der Waals surface area contributed by atoms with E-state index in [1.165, 1.54) is 12.1 Å². The Labute approximate surface area is 155 Å². The van der Waals surface area contributed by atoms with Crippen LogP contribution in [0.2, 0.25) is 0 Å². The molecule has 0 spiro atoms. The van der Waals surface area contributed by atoms with Crippen molar-refractivity contribution in [2.75, 3.05) is 4.72 Å². The van der Waals surface area contributed by atoms with Crippen molar-refractivity contribution in [3.63, 3.8) is 0 Å². The zero-order chi connectivity index (χ0) is 19.7. The van der Waals surface area contributed by atoms with Crippen LogP contribution in [0, 0.1) is 6.92 Å². The molecule has 27 heavy (non-hydrogen) atoms. The molecule has 1 N–H and O–H groups in total. The van der Waals surface area contributed by atoms with Crippen molar-refractivity contribution in [2.45, 2.75) is 18.0 Å². The van der Waals surface area contributed by atoms with Crippen molar-refractivity contribution in [1.82, 2.24) is 0 Å². The van der Waals surface area contributed by atoms with Crippen molar-refractivity contribution >= 4 is 15.7 Å². The van der Waals surface area contributed by atoms with Crippen LogP contribution < -0.4 is 4.72 Å². The number of hydrogen-bond donors (Lipinski definition) is 1. The van der Waals surface area contributed by atoms with E-state index in [2.05, 4.69) is 4.72 Å². The van der Waals surface area contributed by atoms with E-state index >= 15 is 0 Å². The summed E-state index contributed by atoms with van der Waals surface area (Å²) in [7, 11) is -3.94. The van der Waals surface area contributed by atoms with Gasteiger partial charge in [-0.15, -0.1) is 0 Å². The highest BCUT2D eigenvalue weighted by molar-refractivity contribution is 7.92. The Morgan fingerprint density at radius 2 is 1.48 bits per heavy atom. The van der Waals surface area contributed by atoms with Gasteiger partial charge in [-0.3, -0.25) is 4.72 Å². The van der Waals surface area contributed by atoms with Crippen molar-refractivity contribution in [1.29, 1.82) is 0 Å². The van der Waals surface area contributed by atoms with Crippen LogP contribution in [0.25, 0.3) is 11.1 Å². The standard InChI is InChI=1S/C20H16F3NO2S/c1-14-7-10-17(11-8-14)27(25,26)24-19-12-9-16(20(21,22)23)13-18(19)15-5-3-2-4-6-15/h2-13,24H,1H3. The molecule has 0 radical (unpaired) electrons. The molecule has 0 aromatic heterocycles. The van der Waals surface area contributed by atoms with Gasteiger partial charge in [-0.1, -0.05) is 48.0 Å². The minimum atomic E-state index is -4.53. The molecule has 3 rings (SSSR count). The largest absolute Gasteiger partial charge is 0.416 e. The number of alkyl halides is 3. The third kappa shape index (κ3) is 4.31. The van der Waals surface area contributed by atoms with E-state index in [0.717, 1.165) is 23.8 Å². The summed E-state index contributed by atoms with van der Waals surface area (Å²) in [6.07, 6.45) is -4.53. The monoisotopic (exact) mass is 391 g/mol. The first-order valence-electron chi connectivity index (χ1n) is 8.03. The van der Waals surface area contributed by atoms with Gasteiger partial charge in [-0.05, 0) is 42.8 Å². The lowest BCUT2D eigenvalue weighted by Crippen LogP contribution is -2.14. The Bertz CT molecular complexity index is 1040. The summed E-state index contributed by atoms with van der Waals surface area (Å²) in [6.45, 7) is 1.83. The molecule has 0 unspecified atom stereocenters. The Kier molecular flexibility index (Phi) is 4.97. The number of anilines is 1. The minimum absolute atomic E-state index is 0.0343. The first kappa shape index (κ1) is 19.0. The van der Waals surface area contributed by atoms with E-state index in [-0.39, 0.29) is 16.1 Å². The number of benzene rings is 3. The minimum Gasteiger partial charge on any atom is -0.279 e. The summed E-state index contributed by atoms with van der Waals surface area (Å²) in [5.41, 5.74) is 0.759. The normalized spacial score (nSPS) is 12.0. The zero-order valence-corrected chi connectivity index (χ0v) is 15.1. The molecule has 7 heteroatoms. The third-order valence-corrected chi connectivity index (χ3v) is 5.39. The van der Waals surface area contributed by atoms with Crippen LogP contribution in [0.5, 0.6) is 0 Å².